The maximum absolute atomic E-state index is 14.4. The van der Waals surface area contributed by atoms with Gasteiger partial charge in [-0.05, 0) is 91.2 Å². The zero-order valence-corrected chi connectivity index (χ0v) is 24.3. The van der Waals surface area contributed by atoms with Gasteiger partial charge in [0.1, 0.15) is 17.5 Å². The van der Waals surface area contributed by atoms with Crippen LogP contribution in [0.15, 0.2) is 71.1 Å². The molecule has 2 atom stereocenters. The Morgan fingerprint density at radius 3 is 2.55 bits per heavy atom. The minimum Gasteiger partial charge on any atom is -0.330 e. The number of hydrogen-bond acceptors (Lipinski definition) is 5. The molecule has 224 valence electrons. The molecule has 1 saturated carbocycles. The molecule has 44 heavy (non-hydrogen) atoms. The molecule has 3 aliphatic heterocycles. The smallest absolute Gasteiger partial charge is 0.243 e. The largest absolute Gasteiger partial charge is 0.330 e. The Kier molecular flexibility index (Phi) is 6.31. The molecule has 0 radical (unpaired) electrons. The molecule has 8 rings (SSSR count). The van der Waals surface area contributed by atoms with Gasteiger partial charge in [0.25, 0.3) is 0 Å². The number of fused-ring (bicyclic) bond motifs is 3. The van der Waals surface area contributed by atoms with E-state index >= 15 is 0 Å². The maximum atomic E-state index is 14.4. The average Bonchev–Trinajstić information content (AvgIpc) is 3.60. The number of carbonyl (C=O) groups excluding carboxylic acids is 2. The molecule has 4 heterocycles. The van der Waals surface area contributed by atoms with Crippen LogP contribution in [0.25, 0.3) is 10.9 Å². The molecule has 2 amide bonds. The molecule has 0 unspecified atom stereocenters. The topological polar surface area (TPSA) is 86.7 Å². The lowest BCUT2D eigenvalue weighted by atomic mass is 9.78. The van der Waals surface area contributed by atoms with Crippen molar-refractivity contribution in [3.05, 3.63) is 100 Å². The SMILES string of the molecule is O=C1N(Cc2cnc3cc4c(cc3c2)C[C@@]2(C4)C(=O)NC3=C2C=CCC=N3)[C@H](c2cc(F)cc(F)c2)CCNC12CCCC2. The maximum Gasteiger partial charge on any atom is 0.243 e. The number of benzene rings is 2. The Labute approximate surface area is 254 Å². The highest BCUT2D eigenvalue weighted by Gasteiger charge is 2.52. The van der Waals surface area contributed by atoms with E-state index in [4.69, 9.17) is 4.98 Å². The third-order valence-corrected chi connectivity index (χ3v) is 10.2. The first-order valence-corrected chi connectivity index (χ1v) is 15.5. The molecule has 1 aromatic heterocycles. The fourth-order valence-corrected chi connectivity index (χ4v) is 8.12. The van der Waals surface area contributed by atoms with Crippen molar-refractivity contribution in [2.24, 2.45) is 10.4 Å². The lowest BCUT2D eigenvalue weighted by Gasteiger charge is -2.36. The Balaban J connectivity index is 1.14. The Morgan fingerprint density at radius 1 is 0.977 bits per heavy atom. The minimum absolute atomic E-state index is 0.0194. The normalized spacial score (nSPS) is 25.6. The van der Waals surface area contributed by atoms with Crippen LogP contribution in [0.4, 0.5) is 8.78 Å². The van der Waals surface area contributed by atoms with Gasteiger partial charge in [0, 0.05) is 42.4 Å². The quantitative estimate of drug-likeness (QED) is 0.429. The zero-order chi connectivity index (χ0) is 30.1. The van der Waals surface area contributed by atoms with E-state index in [9.17, 15) is 18.4 Å². The monoisotopic (exact) mass is 593 g/mol. The molecule has 2 aromatic carbocycles. The van der Waals surface area contributed by atoms with E-state index in [0.29, 0.717) is 37.2 Å². The molecule has 0 bridgehead atoms. The fraction of sp³-hybridized carbons (Fsp3) is 0.371. The molecule has 1 saturated heterocycles. The van der Waals surface area contributed by atoms with Gasteiger partial charge in [-0.25, -0.2) is 13.8 Å². The third kappa shape index (κ3) is 4.31. The van der Waals surface area contributed by atoms with Crippen LogP contribution in [-0.4, -0.2) is 40.0 Å². The van der Waals surface area contributed by atoms with Crippen LogP contribution in [0.1, 0.15) is 66.8 Å². The molecular formula is C35H33F2N5O2. The number of aromatic nitrogens is 1. The van der Waals surface area contributed by atoms with Crippen LogP contribution in [0.3, 0.4) is 0 Å². The molecule has 5 aliphatic rings. The zero-order valence-electron chi connectivity index (χ0n) is 24.3. The van der Waals surface area contributed by atoms with Gasteiger partial charge in [-0.2, -0.15) is 0 Å². The van der Waals surface area contributed by atoms with Crippen LogP contribution < -0.4 is 10.6 Å². The van der Waals surface area contributed by atoms with Crippen LogP contribution in [0.2, 0.25) is 0 Å². The van der Waals surface area contributed by atoms with Gasteiger partial charge in [-0.3, -0.25) is 14.6 Å². The Hall–Kier alpha value is -4.24. The second kappa shape index (κ2) is 10.2. The van der Waals surface area contributed by atoms with Gasteiger partial charge in [0.2, 0.25) is 11.8 Å². The van der Waals surface area contributed by atoms with E-state index < -0.39 is 28.6 Å². The van der Waals surface area contributed by atoms with Gasteiger partial charge < -0.3 is 15.5 Å². The van der Waals surface area contributed by atoms with Crippen molar-refractivity contribution in [2.45, 2.75) is 69.5 Å². The Bertz CT molecular complexity index is 1800. The van der Waals surface area contributed by atoms with Gasteiger partial charge in [-0.1, -0.05) is 25.0 Å². The first kappa shape index (κ1) is 27.3. The lowest BCUT2D eigenvalue weighted by molar-refractivity contribution is -0.140. The van der Waals surface area contributed by atoms with Crippen molar-refractivity contribution >= 4 is 28.9 Å². The number of carbonyl (C=O) groups is 2. The molecule has 3 aromatic rings. The molecular weight excluding hydrogens is 560 g/mol. The summed E-state index contributed by atoms with van der Waals surface area (Å²) < 4.78 is 28.7. The number of aliphatic imine (C=N–C) groups is 1. The lowest BCUT2D eigenvalue weighted by Crippen LogP contribution is -2.54. The summed E-state index contributed by atoms with van der Waals surface area (Å²) in [7, 11) is 0. The number of halogens is 2. The summed E-state index contributed by atoms with van der Waals surface area (Å²) in [5, 5.41) is 7.45. The Morgan fingerprint density at radius 2 is 1.75 bits per heavy atom. The van der Waals surface area contributed by atoms with Crippen LogP contribution in [0.5, 0.6) is 0 Å². The number of hydrogen-bond donors (Lipinski definition) is 2. The van der Waals surface area contributed by atoms with Crippen LogP contribution in [0, 0.1) is 17.0 Å². The summed E-state index contributed by atoms with van der Waals surface area (Å²) in [6.07, 6.45) is 13.6. The molecule has 9 heteroatoms. The van der Waals surface area contributed by atoms with Gasteiger partial charge in [0.05, 0.1) is 22.5 Å². The highest BCUT2D eigenvalue weighted by atomic mass is 19.1. The van der Waals surface area contributed by atoms with Gasteiger partial charge >= 0.3 is 0 Å². The second-order valence-corrected chi connectivity index (χ2v) is 12.9. The van der Waals surface area contributed by atoms with Crippen molar-refractivity contribution in [1.82, 2.24) is 20.5 Å². The predicted molar refractivity (Wildman–Crippen MR) is 162 cm³/mol. The number of nitrogens with zero attached hydrogens (tertiary/aromatic N) is 3. The summed E-state index contributed by atoms with van der Waals surface area (Å²) in [4.78, 5) is 38.6. The molecule has 2 fully saturated rings. The molecule has 7 nitrogen and oxygen atoms in total. The average molecular weight is 594 g/mol. The van der Waals surface area contributed by atoms with E-state index in [2.05, 4.69) is 33.8 Å². The van der Waals surface area contributed by atoms with E-state index in [1.165, 1.54) is 12.1 Å². The first-order chi connectivity index (χ1) is 21.3. The number of nitrogens with one attached hydrogen (secondary N) is 2. The third-order valence-electron chi connectivity index (χ3n) is 10.2. The first-order valence-electron chi connectivity index (χ1n) is 15.5. The predicted octanol–water partition coefficient (Wildman–Crippen LogP) is 5.35. The highest BCUT2D eigenvalue weighted by Crippen LogP contribution is 2.48. The van der Waals surface area contributed by atoms with Crippen LogP contribution >= 0.6 is 0 Å². The standard InChI is InChI=1S/C35H33F2N5O2/c36-26-13-23(14-27(37)16-26)30-6-10-40-35(7-2-3-8-35)33(44)42(30)20-21-11-22-12-24-17-34(18-25(24)15-29(22)39-19-21)28-5-1-4-9-38-31(28)41-32(34)43/h1,5,9,11-16,19,30,40H,2-4,6-8,10,17-18,20H2,(H,41,43)/t30-,34-/m0/s1. The van der Waals surface area contributed by atoms with Crippen LogP contribution in [-0.2, 0) is 29.0 Å². The van der Waals surface area contributed by atoms with E-state index in [-0.39, 0.29) is 18.4 Å². The van der Waals surface area contributed by atoms with Crippen molar-refractivity contribution in [3.8, 4) is 0 Å². The number of allylic oxidation sites excluding steroid dienone is 2. The van der Waals surface area contributed by atoms with Crippen molar-refractivity contribution in [1.29, 1.82) is 0 Å². The highest BCUT2D eigenvalue weighted by molar-refractivity contribution is 5.95. The van der Waals surface area contributed by atoms with Crippen molar-refractivity contribution < 1.29 is 18.4 Å². The summed E-state index contributed by atoms with van der Waals surface area (Å²) in [6.45, 7) is 0.859. The summed E-state index contributed by atoms with van der Waals surface area (Å²) in [6, 6.07) is 9.32. The number of pyridine rings is 1. The molecule has 2 spiro atoms. The van der Waals surface area contributed by atoms with Gasteiger partial charge in [0.15, 0.2) is 0 Å². The van der Waals surface area contributed by atoms with E-state index in [1.54, 1.807) is 11.1 Å². The van der Waals surface area contributed by atoms with E-state index in [0.717, 1.165) is 71.3 Å². The van der Waals surface area contributed by atoms with Gasteiger partial charge in [-0.15, -0.1) is 0 Å². The number of rotatable bonds is 3. The second-order valence-electron chi connectivity index (χ2n) is 12.9. The summed E-state index contributed by atoms with van der Waals surface area (Å²) in [5.74, 6) is -0.693. The van der Waals surface area contributed by atoms with Crippen molar-refractivity contribution in [3.63, 3.8) is 0 Å². The van der Waals surface area contributed by atoms with Crippen molar-refractivity contribution in [2.75, 3.05) is 6.54 Å². The molecule has 2 N–H and O–H groups in total. The van der Waals surface area contributed by atoms with E-state index in [1.807, 2.05) is 18.4 Å². The summed E-state index contributed by atoms with van der Waals surface area (Å²) >= 11 is 0. The minimum atomic E-state index is -0.676. The summed E-state index contributed by atoms with van der Waals surface area (Å²) in [5.41, 5.74) is 3.97. The fourth-order valence-electron chi connectivity index (χ4n) is 8.12. The molecule has 2 aliphatic carbocycles. The number of amides is 2.